The van der Waals surface area contributed by atoms with Crippen molar-refractivity contribution in [3.8, 4) is 0 Å². The molecule has 8 nitrogen and oxygen atoms in total. The minimum atomic E-state index is -0.328. The van der Waals surface area contributed by atoms with E-state index in [1.54, 1.807) is 12.4 Å². The SMILES string of the molecule is O=C(Cn1nc2c(N3CCc4ccccc4C3)nccn2c1=O)NCCC1=CCCCC1. The van der Waals surface area contributed by atoms with Crippen LogP contribution in [0.3, 0.4) is 0 Å². The molecule has 0 unspecified atom stereocenters. The summed E-state index contributed by atoms with van der Waals surface area (Å²) in [6, 6.07) is 8.38. The smallest absolute Gasteiger partial charge is 0.350 e. The number of carbonyl (C=O) groups excluding carboxylic acids is 1. The quantitative estimate of drug-likeness (QED) is 0.605. The van der Waals surface area contributed by atoms with Crippen LogP contribution in [0.15, 0.2) is 53.1 Å². The third kappa shape index (κ3) is 4.17. The molecule has 0 saturated carbocycles. The van der Waals surface area contributed by atoms with Gasteiger partial charge in [-0.25, -0.2) is 18.9 Å². The molecule has 0 fully saturated rings. The van der Waals surface area contributed by atoms with E-state index in [1.165, 1.54) is 38.6 Å². The van der Waals surface area contributed by atoms with E-state index >= 15 is 0 Å². The molecule has 32 heavy (non-hydrogen) atoms. The van der Waals surface area contributed by atoms with Gasteiger partial charge in [-0.05, 0) is 49.7 Å². The second-order valence-corrected chi connectivity index (χ2v) is 8.53. The molecule has 3 heterocycles. The lowest BCUT2D eigenvalue weighted by Crippen LogP contribution is -2.33. The standard InChI is InChI=1S/C24H28N6O2/c31-21(25-12-10-18-6-2-1-3-7-18)17-30-24(32)29-15-13-26-22(23(29)27-30)28-14-11-19-8-4-5-9-20(19)16-28/h4-6,8-9,13,15H,1-3,7,10-12,14,16-17H2,(H,25,31). The number of aromatic nitrogens is 4. The molecule has 0 atom stereocenters. The van der Waals surface area contributed by atoms with Crippen molar-refractivity contribution in [2.75, 3.05) is 18.0 Å². The average molecular weight is 433 g/mol. The van der Waals surface area contributed by atoms with Crippen LogP contribution in [0.25, 0.3) is 5.65 Å². The van der Waals surface area contributed by atoms with Gasteiger partial charge >= 0.3 is 5.69 Å². The lowest BCUT2D eigenvalue weighted by Gasteiger charge is -2.29. The number of nitrogens with zero attached hydrogens (tertiary/aromatic N) is 5. The largest absolute Gasteiger partial charge is 0.354 e. The van der Waals surface area contributed by atoms with Crippen LogP contribution in [-0.2, 0) is 24.3 Å². The van der Waals surface area contributed by atoms with E-state index in [0.717, 1.165) is 38.8 Å². The van der Waals surface area contributed by atoms with Gasteiger partial charge in [0.2, 0.25) is 11.6 Å². The van der Waals surface area contributed by atoms with Crippen LogP contribution in [0.5, 0.6) is 0 Å². The van der Waals surface area contributed by atoms with E-state index in [-0.39, 0.29) is 18.1 Å². The molecule has 1 aliphatic heterocycles. The van der Waals surface area contributed by atoms with Gasteiger partial charge in [-0.15, -0.1) is 5.10 Å². The van der Waals surface area contributed by atoms with Crippen molar-refractivity contribution in [2.24, 2.45) is 0 Å². The minimum Gasteiger partial charge on any atom is -0.354 e. The number of rotatable bonds is 6. The van der Waals surface area contributed by atoms with Crippen LogP contribution in [0.4, 0.5) is 5.82 Å². The second-order valence-electron chi connectivity index (χ2n) is 8.53. The first-order valence-electron chi connectivity index (χ1n) is 11.4. The molecule has 1 aliphatic carbocycles. The highest BCUT2D eigenvalue weighted by Crippen LogP contribution is 2.25. The molecule has 166 valence electrons. The van der Waals surface area contributed by atoms with E-state index < -0.39 is 0 Å². The Morgan fingerprint density at radius 3 is 2.84 bits per heavy atom. The number of benzene rings is 1. The Bertz CT molecular complexity index is 1220. The van der Waals surface area contributed by atoms with Gasteiger partial charge < -0.3 is 10.2 Å². The van der Waals surface area contributed by atoms with E-state index in [0.29, 0.717) is 18.0 Å². The predicted octanol–water partition coefficient (Wildman–Crippen LogP) is 2.46. The van der Waals surface area contributed by atoms with Gasteiger partial charge in [0.25, 0.3) is 0 Å². The van der Waals surface area contributed by atoms with Crippen molar-refractivity contribution in [1.29, 1.82) is 0 Å². The molecule has 3 aromatic rings. The Hall–Kier alpha value is -3.42. The van der Waals surface area contributed by atoms with Crippen molar-refractivity contribution in [3.05, 3.63) is 69.9 Å². The van der Waals surface area contributed by atoms with Gasteiger partial charge in [0, 0.05) is 32.0 Å². The second kappa shape index (κ2) is 8.98. The Kier molecular flexibility index (Phi) is 5.75. The van der Waals surface area contributed by atoms with Crippen molar-refractivity contribution in [3.63, 3.8) is 0 Å². The van der Waals surface area contributed by atoms with Gasteiger partial charge in [-0.2, -0.15) is 0 Å². The predicted molar refractivity (Wildman–Crippen MR) is 123 cm³/mol. The zero-order valence-electron chi connectivity index (χ0n) is 18.2. The van der Waals surface area contributed by atoms with Crippen LogP contribution in [0.2, 0.25) is 0 Å². The summed E-state index contributed by atoms with van der Waals surface area (Å²) in [4.78, 5) is 32.0. The number of fused-ring (bicyclic) bond motifs is 2. The third-order valence-electron chi connectivity index (χ3n) is 6.36. The summed E-state index contributed by atoms with van der Waals surface area (Å²) in [7, 11) is 0. The van der Waals surface area contributed by atoms with Crippen LogP contribution >= 0.6 is 0 Å². The number of carbonyl (C=O) groups is 1. The minimum absolute atomic E-state index is 0.0954. The van der Waals surface area contributed by atoms with Crippen LogP contribution in [-0.4, -0.2) is 38.2 Å². The summed E-state index contributed by atoms with van der Waals surface area (Å²) < 4.78 is 2.70. The van der Waals surface area contributed by atoms with Gasteiger partial charge in [0.1, 0.15) is 6.54 Å². The zero-order chi connectivity index (χ0) is 21.9. The molecule has 0 radical (unpaired) electrons. The Morgan fingerprint density at radius 1 is 1.12 bits per heavy atom. The molecule has 8 heteroatoms. The highest BCUT2D eigenvalue weighted by Gasteiger charge is 2.22. The Balaban J connectivity index is 1.30. The van der Waals surface area contributed by atoms with Gasteiger partial charge in [0.05, 0.1) is 0 Å². The molecular formula is C24H28N6O2. The van der Waals surface area contributed by atoms with Gasteiger partial charge in [-0.3, -0.25) is 4.79 Å². The third-order valence-corrected chi connectivity index (χ3v) is 6.36. The average Bonchev–Trinajstić information content (AvgIpc) is 3.14. The number of hydrogen-bond acceptors (Lipinski definition) is 5. The molecule has 1 aromatic carbocycles. The number of hydrogen-bond donors (Lipinski definition) is 1. The van der Waals surface area contributed by atoms with Crippen LogP contribution < -0.4 is 15.9 Å². The molecule has 0 saturated heterocycles. The monoisotopic (exact) mass is 432 g/mol. The topological polar surface area (TPSA) is 84.5 Å². The fourth-order valence-electron chi connectivity index (χ4n) is 4.62. The highest BCUT2D eigenvalue weighted by atomic mass is 16.2. The van der Waals surface area contributed by atoms with E-state index in [4.69, 9.17) is 0 Å². The number of amides is 1. The maximum atomic E-state index is 12.8. The van der Waals surface area contributed by atoms with E-state index in [9.17, 15) is 9.59 Å². The van der Waals surface area contributed by atoms with Gasteiger partial charge in [-0.1, -0.05) is 35.9 Å². The molecular weight excluding hydrogens is 404 g/mol. The molecule has 1 N–H and O–H groups in total. The zero-order valence-corrected chi connectivity index (χ0v) is 18.2. The van der Waals surface area contributed by atoms with E-state index in [2.05, 4.69) is 44.6 Å². The summed E-state index contributed by atoms with van der Waals surface area (Å²) in [5.74, 6) is 0.468. The molecule has 0 spiro atoms. The van der Waals surface area contributed by atoms with Crippen molar-refractivity contribution in [1.82, 2.24) is 24.5 Å². The maximum Gasteiger partial charge on any atom is 0.350 e. The van der Waals surface area contributed by atoms with E-state index in [1.807, 2.05) is 6.07 Å². The summed E-state index contributed by atoms with van der Waals surface area (Å²) >= 11 is 0. The number of nitrogens with one attached hydrogen (secondary N) is 1. The molecule has 5 rings (SSSR count). The first-order chi connectivity index (χ1) is 15.7. The number of anilines is 1. The summed E-state index contributed by atoms with van der Waals surface area (Å²) in [6.07, 6.45) is 12.1. The Morgan fingerprint density at radius 2 is 2.00 bits per heavy atom. The first-order valence-corrected chi connectivity index (χ1v) is 11.4. The molecule has 2 aliphatic rings. The summed E-state index contributed by atoms with van der Waals surface area (Å²) in [5.41, 5.74) is 4.18. The molecule has 2 aromatic heterocycles. The van der Waals surface area contributed by atoms with Gasteiger partial charge in [0.15, 0.2) is 5.82 Å². The van der Waals surface area contributed by atoms with Crippen LogP contribution in [0, 0.1) is 0 Å². The summed E-state index contributed by atoms with van der Waals surface area (Å²) in [5, 5.41) is 7.40. The van der Waals surface area contributed by atoms with Crippen molar-refractivity contribution < 1.29 is 4.79 Å². The highest BCUT2D eigenvalue weighted by molar-refractivity contribution is 5.75. The Labute approximate surface area is 186 Å². The first kappa shape index (κ1) is 20.5. The summed E-state index contributed by atoms with van der Waals surface area (Å²) in [6.45, 7) is 2.02. The fourth-order valence-corrected chi connectivity index (χ4v) is 4.62. The fraction of sp³-hybridized carbons (Fsp3) is 0.417. The molecule has 0 bridgehead atoms. The van der Waals surface area contributed by atoms with Crippen molar-refractivity contribution in [2.45, 2.75) is 51.6 Å². The maximum absolute atomic E-state index is 12.8. The van der Waals surface area contributed by atoms with Crippen LogP contribution in [0.1, 0.15) is 43.2 Å². The van der Waals surface area contributed by atoms with Crippen molar-refractivity contribution >= 4 is 17.4 Å². The molecule has 1 amide bonds. The lowest BCUT2D eigenvalue weighted by atomic mass is 9.97. The lowest BCUT2D eigenvalue weighted by molar-refractivity contribution is -0.121. The number of allylic oxidation sites excluding steroid dienone is 1. The normalized spacial score (nSPS) is 16.0.